The van der Waals surface area contributed by atoms with E-state index in [2.05, 4.69) is 15.9 Å². The van der Waals surface area contributed by atoms with E-state index in [1.54, 1.807) is 26.3 Å². The number of pyridine rings is 1. The second-order valence-corrected chi connectivity index (χ2v) is 4.33. The highest BCUT2D eigenvalue weighted by molar-refractivity contribution is 9.10. The first-order chi connectivity index (χ1) is 8.15. The van der Waals surface area contributed by atoms with Crippen LogP contribution in [0.2, 0.25) is 0 Å². The van der Waals surface area contributed by atoms with Crippen LogP contribution in [0.15, 0.2) is 29.0 Å². The van der Waals surface area contributed by atoms with E-state index in [-0.39, 0.29) is 5.97 Å². The minimum atomic E-state index is -0.314. The number of nitrogens with zero attached hydrogens (tertiary/aromatic N) is 1. The van der Waals surface area contributed by atoms with E-state index >= 15 is 0 Å². The number of ether oxygens (including phenoxy) is 2. The maximum absolute atomic E-state index is 11.6. The van der Waals surface area contributed by atoms with Crippen LogP contribution in [-0.4, -0.2) is 24.1 Å². The molecule has 0 atom stereocenters. The fraction of sp³-hybridized carbons (Fsp3) is 0.250. The van der Waals surface area contributed by atoms with Crippen LogP contribution in [-0.2, 0) is 4.74 Å². The molecule has 0 radical (unpaired) electrons. The van der Waals surface area contributed by atoms with Crippen molar-refractivity contribution < 1.29 is 14.3 Å². The van der Waals surface area contributed by atoms with Gasteiger partial charge in [-0.05, 0) is 28.9 Å². The quantitative estimate of drug-likeness (QED) is 0.818. The number of hydrogen-bond acceptors (Lipinski definition) is 3. The van der Waals surface area contributed by atoms with Crippen molar-refractivity contribution in [3.05, 3.63) is 34.6 Å². The molecule has 90 valence electrons. The molecule has 2 heterocycles. The van der Waals surface area contributed by atoms with Gasteiger partial charge in [0.15, 0.2) is 0 Å². The Bertz CT molecular complexity index is 562. The zero-order valence-corrected chi connectivity index (χ0v) is 11.2. The molecule has 0 bridgehead atoms. The van der Waals surface area contributed by atoms with Gasteiger partial charge >= 0.3 is 5.97 Å². The van der Waals surface area contributed by atoms with Crippen molar-refractivity contribution in [3.63, 3.8) is 0 Å². The molecule has 0 saturated carbocycles. The molecular formula is C12H12BrNO3. The molecule has 0 aromatic carbocycles. The number of aromatic nitrogens is 1. The van der Waals surface area contributed by atoms with Gasteiger partial charge in [-0.25, -0.2) is 4.79 Å². The molecule has 0 aliphatic heterocycles. The summed E-state index contributed by atoms with van der Waals surface area (Å²) in [5.41, 5.74) is 1.42. The molecule has 2 rings (SSSR count). The third kappa shape index (κ3) is 2.29. The molecule has 0 spiro atoms. The van der Waals surface area contributed by atoms with Gasteiger partial charge in [-0.2, -0.15) is 0 Å². The zero-order valence-electron chi connectivity index (χ0n) is 9.57. The Kier molecular flexibility index (Phi) is 3.38. The van der Waals surface area contributed by atoms with Gasteiger partial charge in [0, 0.05) is 24.0 Å². The van der Waals surface area contributed by atoms with Crippen molar-refractivity contribution >= 4 is 27.4 Å². The molecule has 0 aliphatic carbocycles. The van der Waals surface area contributed by atoms with Gasteiger partial charge in [0.2, 0.25) is 0 Å². The minimum Gasteiger partial charge on any atom is -0.495 e. The number of halogens is 1. The highest BCUT2D eigenvalue weighted by Crippen LogP contribution is 2.27. The highest BCUT2D eigenvalue weighted by Gasteiger charge is 2.11. The van der Waals surface area contributed by atoms with Gasteiger partial charge in [-0.1, -0.05) is 0 Å². The van der Waals surface area contributed by atoms with E-state index in [0.717, 1.165) is 15.7 Å². The predicted octanol–water partition coefficient (Wildman–Crippen LogP) is 2.89. The van der Waals surface area contributed by atoms with Crippen LogP contribution in [0.3, 0.4) is 0 Å². The van der Waals surface area contributed by atoms with Crippen LogP contribution in [0, 0.1) is 0 Å². The molecule has 0 saturated heterocycles. The van der Waals surface area contributed by atoms with Gasteiger partial charge in [0.1, 0.15) is 5.75 Å². The number of esters is 1. The molecule has 2 aromatic rings. The van der Waals surface area contributed by atoms with E-state index in [9.17, 15) is 4.79 Å². The Hall–Kier alpha value is -1.49. The topological polar surface area (TPSA) is 39.9 Å². The summed E-state index contributed by atoms with van der Waals surface area (Å²) >= 11 is 3.39. The lowest BCUT2D eigenvalue weighted by Crippen LogP contribution is -2.02. The monoisotopic (exact) mass is 297 g/mol. The zero-order chi connectivity index (χ0) is 12.4. The second-order valence-electron chi connectivity index (χ2n) is 3.47. The lowest BCUT2D eigenvalue weighted by molar-refractivity contribution is 0.0526. The van der Waals surface area contributed by atoms with Crippen LogP contribution >= 0.6 is 15.9 Å². The average Bonchev–Trinajstić information content (AvgIpc) is 2.71. The Labute approximate surface area is 107 Å². The van der Waals surface area contributed by atoms with Crippen LogP contribution < -0.4 is 4.74 Å². The maximum Gasteiger partial charge on any atom is 0.339 e. The first kappa shape index (κ1) is 12.0. The van der Waals surface area contributed by atoms with E-state index in [1.807, 2.05) is 16.7 Å². The van der Waals surface area contributed by atoms with Crippen LogP contribution in [0.1, 0.15) is 17.3 Å². The number of carbonyl (C=O) groups excluding carboxylic acids is 1. The molecule has 4 nitrogen and oxygen atoms in total. The second kappa shape index (κ2) is 4.79. The van der Waals surface area contributed by atoms with Crippen molar-refractivity contribution in [1.82, 2.24) is 4.40 Å². The number of hydrogen-bond donors (Lipinski definition) is 0. The highest BCUT2D eigenvalue weighted by atomic mass is 79.9. The van der Waals surface area contributed by atoms with Crippen molar-refractivity contribution in [2.45, 2.75) is 6.92 Å². The molecule has 0 aliphatic rings. The minimum absolute atomic E-state index is 0.314. The standard InChI is InChI=1S/C12H12BrNO3/c1-3-17-12(15)8-4-9-5-11(16-2)10(13)7-14(9)6-8/h4-7H,3H2,1-2H3. The molecule has 0 fully saturated rings. The summed E-state index contributed by atoms with van der Waals surface area (Å²) in [7, 11) is 1.60. The average molecular weight is 298 g/mol. The van der Waals surface area contributed by atoms with E-state index in [1.165, 1.54) is 0 Å². The molecule has 2 aromatic heterocycles. The molecule has 5 heteroatoms. The Morgan fingerprint density at radius 3 is 2.82 bits per heavy atom. The number of rotatable bonds is 3. The Morgan fingerprint density at radius 2 is 2.18 bits per heavy atom. The van der Waals surface area contributed by atoms with Gasteiger partial charge in [-0.15, -0.1) is 0 Å². The Morgan fingerprint density at radius 1 is 1.41 bits per heavy atom. The largest absolute Gasteiger partial charge is 0.495 e. The van der Waals surface area contributed by atoms with Crippen LogP contribution in [0.5, 0.6) is 5.75 Å². The normalized spacial score (nSPS) is 10.5. The van der Waals surface area contributed by atoms with Crippen molar-refractivity contribution in [2.24, 2.45) is 0 Å². The molecule has 17 heavy (non-hydrogen) atoms. The first-order valence-electron chi connectivity index (χ1n) is 5.18. The Balaban J connectivity index is 2.47. The summed E-state index contributed by atoms with van der Waals surface area (Å²) in [4.78, 5) is 11.6. The van der Waals surface area contributed by atoms with Gasteiger partial charge in [-0.3, -0.25) is 0 Å². The summed E-state index contributed by atoms with van der Waals surface area (Å²) in [5, 5.41) is 0. The summed E-state index contributed by atoms with van der Waals surface area (Å²) < 4.78 is 12.8. The van der Waals surface area contributed by atoms with Gasteiger partial charge < -0.3 is 13.9 Å². The number of carbonyl (C=O) groups is 1. The lowest BCUT2D eigenvalue weighted by Gasteiger charge is -2.03. The molecule has 0 unspecified atom stereocenters. The summed E-state index contributed by atoms with van der Waals surface area (Å²) in [6.07, 6.45) is 3.58. The van der Waals surface area contributed by atoms with Gasteiger partial charge in [0.25, 0.3) is 0 Å². The van der Waals surface area contributed by atoms with Crippen LogP contribution in [0.4, 0.5) is 0 Å². The maximum atomic E-state index is 11.6. The smallest absolute Gasteiger partial charge is 0.339 e. The third-order valence-electron chi connectivity index (χ3n) is 2.38. The third-order valence-corrected chi connectivity index (χ3v) is 2.97. The van der Waals surface area contributed by atoms with E-state index in [4.69, 9.17) is 9.47 Å². The van der Waals surface area contributed by atoms with Crippen molar-refractivity contribution in [1.29, 1.82) is 0 Å². The fourth-order valence-electron chi connectivity index (χ4n) is 1.59. The van der Waals surface area contributed by atoms with Crippen molar-refractivity contribution in [2.75, 3.05) is 13.7 Å². The molecular weight excluding hydrogens is 286 g/mol. The SMILES string of the molecule is CCOC(=O)c1cc2cc(OC)c(Br)cn2c1. The lowest BCUT2D eigenvalue weighted by atomic mass is 10.3. The van der Waals surface area contributed by atoms with E-state index < -0.39 is 0 Å². The van der Waals surface area contributed by atoms with Crippen molar-refractivity contribution in [3.8, 4) is 5.75 Å². The predicted molar refractivity (Wildman–Crippen MR) is 67.6 cm³/mol. The summed E-state index contributed by atoms with van der Waals surface area (Å²) in [5.74, 6) is 0.414. The van der Waals surface area contributed by atoms with Gasteiger partial charge in [0.05, 0.1) is 23.8 Å². The summed E-state index contributed by atoms with van der Waals surface area (Å²) in [6.45, 7) is 2.16. The first-order valence-corrected chi connectivity index (χ1v) is 5.97. The molecule has 0 N–H and O–H groups in total. The van der Waals surface area contributed by atoms with E-state index in [0.29, 0.717) is 12.2 Å². The molecule has 0 amide bonds. The number of methoxy groups -OCH3 is 1. The number of fused-ring (bicyclic) bond motifs is 1. The van der Waals surface area contributed by atoms with Crippen LogP contribution in [0.25, 0.3) is 5.52 Å². The fourth-order valence-corrected chi connectivity index (χ4v) is 2.09. The summed E-state index contributed by atoms with van der Waals surface area (Å²) in [6, 6.07) is 3.62.